The molecule has 2 heterocycles. The number of hydrogen-bond donors (Lipinski definition) is 2. The third-order valence-corrected chi connectivity index (χ3v) is 5.84. The highest BCUT2D eigenvalue weighted by atomic mass is 16.5. The van der Waals surface area contributed by atoms with Crippen molar-refractivity contribution in [1.29, 1.82) is 0 Å². The van der Waals surface area contributed by atoms with Crippen molar-refractivity contribution >= 4 is 17.6 Å². The second-order valence-electron chi connectivity index (χ2n) is 7.79. The SMILES string of the molecule is CCc1[nH]c(C(=O)Nc2ccc(CN3CCCCC3C)cc2)c(C)c1C(=O)OC. The summed E-state index contributed by atoms with van der Waals surface area (Å²) in [6.45, 7) is 8.07. The van der Waals surface area contributed by atoms with Crippen LogP contribution in [0.3, 0.4) is 0 Å². The van der Waals surface area contributed by atoms with Gasteiger partial charge in [-0.3, -0.25) is 9.69 Å². The summed E-state index contributed by atoms with van der Waals surface area (Å²) in [5, 5.41) is 2.92. The number of benzene rings is 1. The van der Waals surface area contributed by atoms with Crippen molar-refractivity contribution in [2.24, 2.45) is 0 Å². The molecule has 1 saturated heterocycles. The number of aromatic amines is 1. The first-order valence-corrected chi connectivity index (χ1v) is 10.4. The molecule has 156 valence electrons. The number of aromatic nitrogens is 1. The Labute approximate surface area is 172 Å². The number of aryl methyl sites for hydroxylation is 1. The summed E-state index contributed by atoms with van der Waals surface area (Å²) in [6.07, 6.45) is 4.46. The Kier molecular flexibility index (Phi) is 6.75. The summed E-state index contributed by atoms with van der Waals surface area (Å²) >= 11 is 0. The molecule has 0 bridgehead atoms. The van der Waals surface area contributed by atoms with Crippen LogP contribution in [-0.2, 0) is 17.7 Å². The standard InChI is InChI=1S/C23H31N3O3/c1-5-19-20(23(28)29-4)16(3)21(25-19)22(27)24-18-11-9-17(10-12-18)14-26-13-7-6-8-15(26)2/h9-12,15,25H,5-8,13-14H2,1-4H3,(H,24,27). The minimum Gasteiger partial charge on any atom is -0.465 e. The van der Waals surface area contributed by atoms with Gasteiger partial charge in [-0.15, -0.1) is 0 Å². The molecular formula is C23H31N3O3. The number of ether oxygens (including phenoxy) is 1. The molecule has 3 rings (SSSR count). The number of H-pyrrole nitrogens is 1. The predicted molar refractivity (Wildman–Crippen MR) is 114 cm³/mol. The van der Waals surface area contributed by atoms with Gasteiger partial charge in [0.25, 0.3) is 5.91 Å². The smallest absolute Gasteiger partial charge is 0.339 e. The molecule has 1 atom stereocenters. The fraction of sp³-hybridized carbons (Fsp3) is 0.478. The number of likely N-dealkylation sites (tertiary alicyclic amines) is 1. The molecule has 0 aliphatic carbocycles. The van der Waals surface area contributed by atoms with E-state index in [-0.39, 0.29) is 5.91 Å². The predicted octanol–water partition coefficient (Wildman–Crippen LogP) is 4.30. The van der Waals surface area contributed by atoms with Crippen LogP contribution in [0.4, 0.5) is 5.69 Å². The molecule has 0 saturated carbocycles. The van der Waals surface area contributed by atoms with Gasteiger partial charge < -0.3 is 15.0 Å². The normalized spacial score (nSPS) is 17.2. The lowest BCUT2D eigenvalue weighted by Gasteiger charge is -2.33. The van der Waals surface area contributed by atoms with Gasteiger partial charge in [0.2, 0.25) is 0 Å². The van der Waals surface area contributed by atoms with Crippen LogP contribution < -0.4 is 5.32 Å². The largest absolute Gasteiger partial charge is 0.465 e. The van der Waals surface area contributed by atoms with Gasteiger partial charge >= 0.3 is 5.97 Å². The van der Waals surface area contributed by atoms with E-state index in [0.29, 0.717) is 35.0 Å². The molecule has 0 radical (unpaired) electrons. The van der Waals surface area contributed by atoms with Gasteiger partial charge in [0.1, 0.15) is 5.69 Å². The Morgan fingerprint density at radius 3 is 2.59 bits per heavy atom. The number of piperidine rings is 1. The van der Waals surface area contributed by atoms with Crippen LogP contribution in [0.5, 0.6) is 0 Å². The number of esters is 1. The lowest BCUT2D eigenvalue weighted by Crippen LogP contribution is -2.36. The zero-order chi connectivity index (χ0) is 21.0. The fourth-order valence-electron chi connectivity index (χ4n) is 4.04. The first kappa shape index (κ1) is 21.1. The van der Waals surface area contributed by atoms with Gasteiger partial charge in [-0.05, 0) is 62.9 Å². The van der Waals surface area contributed by atoms with Crippen LogP contribution in [0.25, 0.3) is 0 Å². The second kappa shape index (κ2) is 9.27. The number of amides is 1. The van der Waals surface area contributed by atoms with E-state index in [9.17, 15) is 9.59 Å². The maximum Gasteiger partial charge on any atom is 0.339 e. The van der Waals surface area contributed by atoms with Crippen molar-refractivity contribution in [3.8, 4) is 0 Å². The molecule has 29 heavy (non-hydrogen) atoms. The van der Waals surface area contributed by atoms with Crippen molar-refractivity contribution in [2.45, 2.75) is 59.0 Å². The molecule has 1 aromatic carbocycles. The second-order valence-corrected chi connectivity index (χ2v) is 7.79. The van der Waals surface area contributed by atoms with Gasteiger partial charge in [-0.2, -0.15) is 0 Å². The third-order valence-electron chi connectivity index (χ3n) is 5.84. The number of nitrogens with zero attached hydrogens (tertiary/aromatic N) is 1. The Balaban J connectivity index is 1.69. The minimum atomic E-state index is -0.425. The maximum absolute atomic E-state index is 12.8. The van der Waals surface area contributed by atoms with Crippen LogP contribution in [0.2, 0.25) is 0 Å². The minimum absolute atomic E-state index is 0.259. The zero-order valence-electron chi connectivity index (χ0n) is 17.8. The molecule has 1 aliphatic rings. The van der Waals surface area contributed by atoms with Gasteiger partial charge in [-0.25, -0.2) is 4.79 Å². The third kappa shape index (κ3) is 4.70. The van der Waals surface area contributed by atoms with E-state index in [0.717, 1.165) is 18.8 Å². The fourth-order valence-corrected chi connectivity index (χ4v) is 4.04. The van der Waals surface area contributed by atoms with Gasteiger partial charge in [-0.1, -0.05) is 25.5 Å². The Morgan fingerprint density at radius 1 is 1.24 bits per heavy atom. The first-order valence-electron chi connectivity index (χ1n) is 10.4. The monoisotopic (exact) mass is 397 g/mol. The quantitative estimate of drug-likeness (QED) is 0.713. The molecule has 2 aromatic rings. The molecule has 6 heteroatoms. The highest BCUT2D eigenvalue weighted by Crippen LogP contribution is 2.23. The molecule has 1 aliphatic heterocycles. The summed E-state index contributed by atoms with van der Waals surface area (Å²) in [5.74, 6) is -0.685. The molecular weight excluding hydrogens is 366 g/mol. The van der Waals surface area contributed by atoms with Gasteiger partial charge in [0.05, 0.1) is 12.7 Å². The number of nitrogens with one attached hydrogen (secondary N) is 2. The number of methoxy groups -OCH3 is 1. The van der Waals surface area contributed by atoms with Gasteiger partial charge in [0.15, 0.2) is 0 Å². The van der Waals surface area contributed by atoms with Crippen molar-refractivity contribution in [3.05, 3.63) is 52.3 Å². The Bertz CT molecular complexity index is 870. The highest BCUT2D eigenvalue weighted by molar-refractivity contribution is 6.06. The number of anilines is 1. The average molecular weight is 398 g/mol. The lowest BCUT2D eigenvalue weighted by molar-refractivity contribution is 0.0599. The van der Waals surface area contributed by atoms with Crippen LogP contribution in [0.15, 0.2) is 24.3 Å². The Hall–Kier alpha value is -2.60. The molecule has 2 N–H and O–H groups in total. The topological polar surface area (TPSA) is 74.4 Å². The molecule has 1 amide bonds. The van der Waals surface area contributed by atoms with Crippen molar-refractivity contribution in [1.82, 2.24) is 9.88 Å². The Morgan fingerprint density at radius 2 is 1.97 bits per heavy atom. The van der Waals surface area contributed by atoms with Crippen molar-refractivity contribution in [2.75, 3.05) is 19.0 Å². The van der Waals surface area contributed by atoms with E-state index >= 15 is 0 Å². The highest BCUT2D eigenvalue weighted by Gasteiger charge is 2.24. The van der Waals surface area contributed by atoms with E-state index in [2.05, 4.69) is 34.3 Å². The lowest BCUT2D eigenvalue weighted by atomic mass is 10.0. The van der Waals surface area contributed by atoms with E-state index in [1.807, 2.05) is 19.1 Å². The number of carbonyl (C=O) groups is 2. The molecule has 1 unspecified atom stereocenters. The summed E-state index contributed by atoms with van der Waals surface area (Å²) in [5.41, 5.74) is 4.15. The summed E-state index contributed by atoms with van der Waals surface area (Å²) in [4.78, 5) is 30.4. The van der Waals surface area contributed by atoms with Crippen LogP contribution in [0.1, 0.15) is 70.8 Å². The van der Waals surface area contributed by atoms with E-state index in [4.69, 9.17) is 4.74 Å². The molecule has 6 nitrogen and oxygen atoms in total. The zero-order valence-corrected chi connectivity index (χ0v) is 17.8. The summed E-state index contributed by atoms with van der Waals surface area (Å²) in [6, 6.07) is 8.62. The summed E-state index contributed by atoms with van der Waals surface area (Å²) < 4.78 is 4.86. The van der Waals surface area contributed by atoms with E-state index < -0.39 is 5.97 Å². The summed E-state index contributed by atoms with van der Waals surface area (Å²) in [7, 11) is 1.35. The van der Waals surface area contributed by atoms with Crippen LogP contribution in [0, 0.1) is 6.92 Å². The van der Waals surface area contributed by atoms with E-state index in [1.165, 1.54) is 31.9 Å². The number of hydrogen-bond acceptors (Lipinski definition) is 4. The molecule has 1 aromatic heterocycles. The first-order chi connectivity index (χ1) is 13.9. The van der Waals surface area contributed by atoms with Crippen LogP contribution >= 0.6 is 0 Å². The maximum atomic E-state index is 12.8. The van der Waals surface area contributed by atoms with Crippen molar-refractivity contribution < 1.29 is 14.3 Å². The van der Waals surface area contributed by atoms with E-state index in [1.54, 1.807) is 6.92 Å². The molecule has 1 fully saturated rings. The molecule has 0 spiro atoms. The van der Waals surface area contributed by atoms with Gasteiger partial charge in [0, 0.05) is 24.0 Å². The number of rotatable bonds is 6. The van der Waals surface area contributed by atoms with Crippen LogP contribution in [-0.4, -0.2) is 41.5 Å². The van der Waals surface area contributed by atoms with Crippen molar-refractivity contribution in [3.63, 3.8) is 0 Å². The average Bonchev–Trinajstić information content (AvgIpc) is 3.07. The number of carbonyl (C=O) groups excluding carboxylic acids is 2.